The minimum atomic E-state index is -1.09. The second-order valence-electron chi connectivity index (χ2n) is 10.3. The van der Waals surface area contributed by atoms with E-state index in [1.54, 1.807) is 25.8 Å². The molecule has 0 saturated carbocycles. The molecule has 2 unspecified atom stereocenters. The van der Waals surface area contributed by atoms with Crippen LogP contribution in [0.2, 0.25) is 0 Å². The highest BCUT2D eigenvalue weighted by molar-refractivity contribution is 5.85. The van der Waals surface area contributed by atoms with Crippen LogP contribution in [0.3, 0.4) is 0 Å². The zero-order chi connectivity index (χ0) is 29.2. The molecule has 0 spiro atoms. The predicted molar refractivity (Wildman–Crippen MR) is 152 cm³/mol. The molecule has 2 atom stereocenters. The maximum atomic E-state index is 13.0. The van der Waals surface area contributed by atoms with Crippen molar-refractivity contribution >= 4 is 24.3 Å². The first-order chi connectivity index (χ1) is 18.5. The first-order valence-electron chi connectivity index (χ1n) is 13.3. The Morgan fingerprint density at radius 2 is 1.49 bits per heavy atom. The van der Waals surface area contributed by atoms with E-state index < -0.39 is 17.0 Å². The van der Waals surface area contributed by atoms with Gasteiger partial charge in [-0.3, -0.25) is 9.59 Å². The van der Waals surface area contributed by atoms with Crippen LogP contribution in [0.15, 0.2) is 34.6 Å². The Morgan fingerprint density at radius 1 is 0.949 bits per heavy atom. The van der Waals surface area contributed by atoms with Gasteiger partial charge < -0.3 is 42.2 Å². The third-order valence-electron chi connectivity index (χ3n) is 6.32. The summed E-state index contributed by atoms with van der Waals surface area (Å²) in [5, 5.41) is 28.8. The van der Waals surface area contributed by atoms with Gasteiger partial charge in [0.25, 0.3) is 0 Å². The van der Waals surface area contributed by atoms with Crippen molar-refractivity contribution in [3.63, 3.8) is 0 Å². The quantitative estimate of drug-likeness (QED) is 0.0461. The van der Waals surface area contributed by atoms with Crippen molar-refractivity contribution in [2.75, 3.05) is 33.2 Å². The zero-order valence-corrected chi connectivity index (χ0v) is 23.6. The fourth-order valence-corrected chi connectivity index (χ4v) is 4.02. The number of oxime groups is 2. The molecule has 1 aromatic carbocycles. The minimum absolute atomic E-state index is 0.0893. The average Bonchev–Trinajstić information content (AvgIpc) is 2.90. The molecule has 0 aliphatic carbocycles. The summed E-state index contributed by atoms with van der Waals surface area (Å²) < 4.78 is 5.50. The zero-order valence-electron chi connectivity index (χ0n) is 23.6. The van der Waals surface area contributed by atoms with Crippen molar-refractivity contribution in [3.05, 3.63) is 35.4 Å². The van der Waals surface area contributed by atoms with Crippen molar-refractivity contribution in [2.45, 2.75) is 76.6 Å². The van der Waals surface area contributed by atoms with Crippen LogP contribution in [0.4, 0.5) is 0 Å². The fourth-order valence-electron chi connectivity index (χ4n) is 4.02. The number of amides is 1. The molecule has 8 N–H and O–H groups in total. The van der Waals surface area contributed by atoms with E-state index in [1.165, 1.54) is 12.4 Å². The number of rotatable bonds is 20. The maximum absolute atomic E-state index is 13.0. The third kappa shape index (κ3) is 14.1. The van der Waals surface area contributed by atoms with Crippen LogP contribution in [-0.4, -0.2) is 83.9 Å². The Hall–Kier alpha value is -3.06. The van der Waals surface area contributed by atoms with E-state index >= 15 is 0 Å². The molecular weight excluding hydrogens is 502 g/mol. The van der Waals surface area contributed by atoms with Crippen LogP contribution in [0.5, 0.6) is 0 Å². The highest BCUT2D eigenvalue weighted by Crippen LogP contribution is 2.17. The number of esters is 1. The summed E-state index contributed by atoms with van der Waals surface area (Å²) in [6.07, 6.45) is 6.99. The third-order valence-corrected chi connectivity index (χ3v) is 6.32. The number of unbranched alkanes of at least 4 members (excludes halogenated alkanes) is 2. The lowest BCUT2D eigenvalue weighted by atomic mass is 9.94. The second kappa shape index (κ2) is 18.3. The van der Waals surface area contributed by atoms with Crippen LogP contribution in [0, 0.1) is 0 Å². The van der Waals surface area contributed by atoms with Gasteiger partial charge in [0.1, 0.15) is 12.1 Å². The topological polar surface area (TPSA) is 188 Å². The number of carbonyl (C=O) groups excluding carboxylic acids is 2. The van der Waals surface area contributed by atoms with Crippen molar-refractivity contribution in [1.29, 1.82) is 0 Å². The van der Waals surface area contributed by atoms with E-state index in [4.69, 9.17) is 26.6 Å². The number of benzene rings is 1. The van der Waals surface area contributed by atoms with Gasteiger partial charge in [-0.25, -0.2) is 0 Å². The van der Waals surface area contributed by atoms with E-state index in [2.05, 4.69) is 20.9 Å². The number of nitrogens with two attached hydrogens (primary N) is 2. The lowest BCUT2D eigenvalue weighted by Gasteiger charge is -2.29. The van der Waals surface area contributed by atoms with E-state index in [-0.39, 0.29) is 12.5 Å². The van der Waals surface area contributed by atoms with Gasteiger partial charge in [-0.05, 0) is 76.6 Å². The lowest BCUT2D eigenvalue weighted by Crippen LogP contribution is -2.51. The van der Waals surface area contributed by atoms with Gasteiger partial charge in [-0.2, -0.15) is 0 Å². The molecule has 0 radical (unpaired) electrons. The summed E-state index contributed by atoms with van der Waals surface area (Å²) in [5.74, 6) is -0.605. The number of likely N-dealkylation sites (N-methyl/N-ethyl adjacent to an activating group) is 1. The largest absolute Gasteiger partial charge is 0.459 e. The predicted octanol–water partition coefficient (Wildman–Crippen LogP) is 1.56. The molecule has 39 heavy (non-hydrogen) atoms. The average molecular weight is 550 g/mol. The first-order valence-corrected chi connectivity index (χ1v) is 13.3. The molecule has 0 bridgehead atoms. The molecule has 0 aromatic heterocycles. The van der Waals surface area contributed by atoms with Crippen LogP contribution in [0.25, 0.3) is 0 Å². The lowest BCUT2D eigenvalue weighted by molar-refractivity contribution is -0.151. The number of hydrogen-bond donors (Lipinski definition) is 6. The second-order valence-corrected chi connectivity index (χ2v) is 10.3. The molecule has 1 amide bonds. The Morgan fingerprint density at radius 3 is 2.05 bits per heavy atom. The van der Waals surface area contributed by atoms with Gasteiger partial charge in [0.2, 0.25) is 5.91 Å². The van der Waals surface area contributed by atoms with Crippen LogP contribution >= 0.6 is 0 Å². The summed E-state index contributed by atoms with van der Waals surface area (Å²) in [7, 11) is 1.73. The number of carbonyl (C=O) groups is 2. The molecule has 0 saturated heterocycles. The molecular formula is C27H47N7O5. The number of ether oxygens (including phenoxy) is 1. The van der Waals surface area contributed by atoms with Gasteiger partial charge in [0.15, 0.2) is 0 Å². The number of nitrogens with one attached hydrogen (secondary N) is 2. The van der Waals surface area contributed by atoms with E-state index in [9.17, 15) is 9.59 Å². The van der Waals surface area contributed by atoms with Crippen molar-refractivity contribution < 1.29 is 24.7 Å². The van der Waals surface area contributed by atoms with Gasteiger partial charge in [-0.1, -0.05) is 24.3 Å². The molecule has 12 heteroatoms. The summed E-state index contributed by atoms with van der Waals surface area (Å²) in [4.78, 5) is 27.2. The smallest absolute Gasteiger partial charge is 0.326 e. The Labute approximate surface area is 231 Å². The molecule has 0 aliphatic heterocycles. The van der Waals surface area contributed by atoms with E-state index in [1.807, 2.05) is 24.3 Å². The summed E-state index contributed by atoms with van der Waals surface area (Å²) in [5.41, 5.74) is 12.2. The molecule has 0 fully saturated rings. The van der Waals surface area contributed by atoms with Gasteiger partial charge >= 0.3 is 5.97 Å². The van der Waals surface area contributed by atoms with Crippen molar-refractivity contribution in [2.24, 2.45) is 21.8 Å². The summed E-state index contributed by atoms with van der Waals surface area (Å²) in [6, 6.07) is 7.55. The Balaban J connectivity index is 2.49. The molecule has 220 valence electrons. The molecule has 0 aliphatic rings. The standard InChI is InChI=1S/C27H47N7O5/c1-26(28,11-4-6-13-30-15-17-32-37)24(35)34(3)20-22-9-8-10-23(19-22)21-39-25(36)27(2,29)12-5-7-14-31-16-18-33-38/h8-10,17-19,30-31,37-38H,4-7,11-16,20-21,28-29H2,1-3H3. The molecule has 1 aromatic rings. The Kier molecular flexibility index (Phi) is 15.9. The van der Waals surface area contributed by atoms with Crippen LogP contribution in [0.1, 0.15) is 63.5 Å². The number of hydrogen-bond acceptors (Lipinski definition) is 11. The highest BCUT2D eigenvalue weighted by Gasteiger charge is 2.31. The summed E-state index contributed by atoms with van der Waals surface area (Å²) in [6.45, 7) is 6.33. The van der Waals surface area contributed by atoms with E-state index in [0.29, 0.717) is 32.5 Å². The van der Waals surface area contributed by atoms with Crippen LogP contribution in [-0.2, 0) is 27.5 Å². The SMILES string of the molecule is CN(Cc1cccc(COC(=O)C(C)(N)CCCCNCC=NO)c1)C(=O)C(C)(N)CCCCNCC=NO. The first kappa shape index (κ1) is 34.0. The normalized spacial score (nSPS) is 14.8. The van der Waals surface area contributed by atoms with Gasteiger partial charge in [-0.15, -0.1) is 10.3 Å². The van der Waals surface area contributed by atoms with Gasteiger partial charge in [0, 0.05) is 26.7 Å². The number of nitrogens with zero attached hydrogens (tertiary/aromatic N) is 3. The highest BCUT2D eigenvalue weighted by atomic mass is 16.5. The van der Waals surface area contributed by atoms with Crippen molar-refractivity contribution in [1.82, 2.24) is 15.5 Å². The fraction of sp³-hybridized carbons (Fsp3) is 0.630. The van der Waals surface area contributed by atoms with Crippen molar-refractivity contribution in [3.8, 4) is 0 Å². The van der Waals surface area contributed by atoms with Gasteiger partial charge in [0.05, 0.1) is 18.0 Å². The molecule has 12 nitrogen and oxygen atoms in total. The molecule has 0 heterocycles. The monoisotopic (exact) mass is 549 g/mol. The summed E-state index contributed by atoms with van der Waals surface area (Å²) >= 11 is 0. The Bertz CT molecular complexity index is 922. The van der Waals surface area contributed by atoms with E-state index in [0.717, 1.165) is 49.9 Å². The minimum Gasteiger partial charge on any atom is -0.459 e. The maximum Gasteiger partial charge on any atom is 0.326 e. The molecule has 1 rings (SSSR count). The van der Waals surface area contributed by atoms with Crippen LogP contribution < -0.4 is 22.1 Å².